The number of nitrogens with one attached hydrogen (secondary N) is 1. The van der Waals surface area contributed by atoms with Gasteiger partial charge >= 0.3 is 0 Å². The summed E-state index contributed by atoms with van der Waals surface area (Å²) in [6, 6.07) is 7.32. The Bertz CT molecular complexity index is 822. The topological polar surface area (TPSA) is 68.2 Å². The largest absolute Gasteiger partial charge is 0.352 e. The van der Waals surface area contributed by atoms with Crippen LogP contribution in [0.2, 0.25) is 0 Å². The second-order valence-electron chi connectivity index (χ2n) is 5.30. The quantitative estimate of drug-likeness (QED) is 0.875. The minimum absolute atomic E-state index is 0.0824. The van der Waals surface area contributed by atoms with Crippen LogP contribution in [0.4, 0.5) is 0 Å². The van der Waals surface area contributed by atoms with Crippen LogP contribution < -0.4 is 5.32 Å². The zero-order valence-corrected chi connectivity index (χ0v) is 13.0. The summed E-state index contributed by atoms with van der Waals surface area (Å²) in [6.07, 6.45) is 2.02. The first-order valence-electron chi connectivity index (χ1n) is 6.70. The number of hydrogen-bond donors (Lipinski definition) is 1. The fourth-order valence-corrected chi connectivity index (χ4v) is 4.04. The van der Waals surface area contributed by atoms with Gasteiger partial charge in [-0.15, -0.1) is 0 Å². The van der Waals surface area contributed by atoms with Crippen molar-refractivity contribution in [3.63, 3.8) is 0 Å². The van der Waals surface area contributed by atoms with Crippen LogP contribution in [0.1, 0.15) is 18.5 Å². The summed E-state index contributed by atoms with van der Waals surface area (Å²) in [5.74, 6) is -0.111. The van der Waals surface area contributed by atoms with E-state index in [1.165, 1.54) is 0 Å². The Morgan fingerprint density at radius 3 is 2.67 bits per heavy atom. The molecule has 5 nitrogen and oxygen atoms in total. The van der Waals surface area contributed by atoms with Crippen molar-refractivity contribution < 1.29 is 13.2 Å². The number of hydrogen-bond acceptors (Lipinski definition) is 3. The van der Waals surface area contributed by atoms with E-state index in [2.05, 4.69) is 5.32 Å². The summed E-state index contributed by atoms with van der Waals surface area (Å²) in [6.45, 7) is 1.76. The van der Waals surface area contributed by atoms with Crippen LogP contribution >= 0.6 is 10.7 Å². The normalized spacial score (nSPS) is 15.3. The molecule has 112 valence electrons. The summed E-state index contributed by atoms with van der Waals surface area (Å²) in [7, 11) is 1.68. The number of amides is 1. The van der Waals surface area contributed by atoms with E-state index in [0.717, 1.165) is 12.8 Å². The van der Waals surface area contributed by atoms with E-state index >= 15 is 0 Å². The van der Waals surface area contributed by atoms with Crippen molar-refractivity contribution >= 4 is 36.5 Å². The van der Waals surface area contributed by atoms with Crippen molar-refractivity contribution in [2.45, 2.75) is 37.2 Å². The lowest BCUT2D eigenvalue weighted by molar-refractivity contribution is -0.121. The van der Waals surface area contributed by atoms with Crippen LogP contribution in [-0.2, 0) is 20.4 Å². The number of carbonyl (C=O) groups excluding carboxylic acids is 1. The van der Waals surface area contributed by atoms with Gasteiger partial charge in [-0.05, 0) is 25.8 Å². The Balaban J connectivity index is 2.09. The SMILES string of the molecule is Cc1c(S(=O)(=O)Cl)c2ccccc2n1CC(=O)NC1CC1. The van der Waals surface area contributed by atoms with Crippen LogP contribution in [0.5, 0.6) is 0 Å². The van der Waals surface area contributed by atoms with Crippen molar-refractivity contribution in [2.24, 2.45) is 0 Å². The van der Waals surface area contributed by atoms with Crippen LogP contribution in [0, 0.1) is 6.92 Å². The summed E-state index contributed by atoms with van der Waals surface area (Å²) < 4.78 is 25.3. The maximum atomic E-state index is 12.0. The fourth-order valence-electron chi connectivity index (χ4n) is 2.56. The Kier molecular flexibility index (Phi) is 3.45. The van der Waals surface area contributed by atoms with Gasteiger partial charge in [-0.25, -0.2) is 8.42 Å². The minimum atomic E-state index is -3.87. The van der Waals surface area contributed by atoms with E-state index in [1.54, 1.807) is 29.7 Å². The van der Waals surface area contributed by atoms with Gasteiger partial charge in [-0.1, -0.05) is 18.2 Å². The molecular formula is C14H15ClN2O3S. The third kappa shape index (κ3) is 2.78. The number of para-hydroxylation sites is 1. The first kappa shape index (κ1) is 14.4. The van der Waals surface area contributed by atoms with E-state index < -0.39 is 9.05 Å². The second kappa shape index (κ2) is 5.03. The number of nitrogens with zero attached hydrogens (tertiary/aromatic N) is 1. The molecule has 1 aliphatic rings. The van der Waals surface area contributed by atoms with Crippen molar-refractivity contribution in [3.8, 4) is 0 Å². The average molecular weight is 327 g/mol. The summed E-state index contributed by atoms with van der Waals surface area (Å²) in [5, 5.41) is 3.45. The lowest BCUT2D eigenvalue weighted by Crippen LogP contribution is -2.29. The molecule has 1 aliphatic carbocycles. The molecular weight excluding hydrogens is 312 g/mol. The molecule has 0 bridgehead atoms. The van der Waals surface area contributed by atoms with Crippen LogP contribution in [-0.4, -0.2) is 24.9 Å². The van der Waals surface area contributed by atoms with Gasteiger partial charge in [0.15, 0.2) is 0 Å². The maximum Gasteiger partial charge on any atom is 0.263 e. The van der Waals surface area contributed by atoms with Gasteiger partial charge in [-0.2, -0.15) is 0 Å². The highest BCUT2D eigenvalue weighted by molar-refractivity contribution is 8.14. The van der Waals surface area contributed by atoms with Gasteiger partial charge in [-0.3, -0.25) is 4.79 Å². The number of benzene rings is 1. The number of rotatable bonds is 4. The summed E-state index contributed by atoms with van der Waals surface area (Å²) >= 11 is 0. The third-order valence-electron chi connectivity index (χ3n) is 3.66. The molecule has 2 aromatic rings. The standard InChI is InChI=1S/C14H15ClN2O3S/c1-9-14(21(15,19)20)11-4-2-3-5-12(11)17(9)8-13(18)16-10-6-7-10/h2-5,10H,6-8H2,1H3,(H,16,18). The number of halogens is 1. The molecule has 7 heteroatoms. The Hall–Kier alpha value is -1.53. The predicted octanol–water partition coefficient (Wildman–Crippen LogP) is 2.16. The molecule has 1 aromatic heterocycles. The Morgan fingerprint density at radius 1 is 1.38 bits per heavy atom. The molecule has 21 heavy (non-hydrogen) atoms. The molecule has 0 saturated heterocycles. The van der Waals surface area contributed by atoms with Crippen molar-refractivity contribution in [3.05, 3.63) is 30.0 Å². The minimum Gasteiger partial charge on any atom is -0.352 e. The van der Waals surface area contributed by atoms with E-state index in [4.69, 9.17) is 10.7 Å². The molecule has 0 atom stereocenters. The first-order chi connectivity index (χ1) is 9.88. The van der Waals surface area contributed by atoms with Gasteiger partial charge < -0.3 is 9.88 Å². The van der Waals surface area contributed by atoms with Crippen molar-refractivity contribution in [2.75, 3.05) is 0 Å². The molecule has 1 aromatic carbocycles. The Morgan fingerprint density at radius 2 is 2.05 bits per heavy atom. The van der Waals surface area contributed by atoms with E-state index in [-0.39, 0.29) is 23.4 Å². The van der Waals surface area contributed by atoms with Gasteiger partial charge in [0, 0.05) is 27.8 Å². The molecule has 0 aliphatic heterocycles. The van der Waals surface area contributed by atoms with E-state index in [9.17, 15) is 13.2 Å². The zero-order valence-electron chi connectivity index (χ0n) is 11.5. The number of carbonyl (C=O) groups is 1. The molecule has 0 radical (unpaired) electrons. The van der Waals surface area contributed by atoms with Gasteiger partial charge in [0.1, 0.15) is 11.4 Å². The van der Waals surface area contributed by atoms with Gasteiger partial charge in [0.05, 0.1) is 5.52 Å². The molecule has 1 heterocycles. The predicted molar refractivity (Wildman–Crippen MR) is 80.9 cm³/mol. The van der Waals surface area contributed by atoms with Gasteiger partial charge in [0.25, 0.3) is 9.05 Å². The smallest absolute Gasteiger partial charge is 0.263 e. The highest BCUT2D eigenvalue weighted by atomic mass is 35.7. The lowest BCUT2D eigenvalue weighted by atomic mass is 10.2. The van der Waals surface area contributed by atoms with Crippen LogP contribution in [0.3, 0.4) is 0 Å². The fraction of sp³-hybridized carbons (Fsp3) is 0.357. The zero-order chi connectivity index (χ0) is 15.2. The third-order valence-corrected chi connectivity index (χ3v) is 5.13. The summed E-state index contributed by atoms with van der Waals surface area (Å²) in [5.41, 5.74) is 1.18. The highest BCUT2D eigenvalue weighted by Crippen LogP contribution is 2.32. The number of fused-ring (bicyclic) bond motifs is 1. The molecule has 1 fully saturated rings. The molecule has 0 spiro atoms. The maximum absolute atomic E-state index is 12.0. The molecule has 3 rings (SSSR count). The van der Waals surface area contributed by atoms with Crippen LogP contribution in [0.25, 0.3) is 10.9 Å². The van der Waals surface area contributed by atoms with Crippen molar-refractivity contribution in [1.29, 1.82) is 0 Å². The molecule has 1 N–H and O–H groups in total. The average Bonchev–Trinajstić information content (AvgIpc) is 3.14. The highest BCUT2D eigenvalue weighted by Gasteiger charge is 2.26. The molecule has 0 unspecified atom stereocenters. The lowest BCUT2D eigenvalue weighted by Gasteiger charge is -2.08. The number of aromatic nitrogens is 1. The van der Waals surface area contributed by atoms with Crippen LogP contribution in [0.15, 0.2) is 29.2 Å². The molecule has 1 amide bonds. The first-order valence-corrected chi connectivity index (χ1v) is 9.00. The van der Waals surface area contributed by atoms with Crippen molar-refractivity contribution in [1.82, 2.24) is 9.88 Å². The second-order valence-corrected chi connectivity index (χ2v) is 7.80. The summed E-state index contributed by atoms with van der Waals surface area (Å²) in [4.78, 5) is 12.1. The Labute approximate surface area is 127 Å². The monoisotopic (exact) mass is 326 g/mol. The molecule has 1 saturated carbocycles. The van der Waals surface area contributed by atoms with E-state index in [1.807, 2.05) is 6.07 Å². The van der Waals surface area contributed by atoms with E-state index in [0.29, 0.717) is 16.6 Å². The van der Waals surface area contributed by atoms with Gasteiger partial charge in [0.2, 0.25) is 5.91 Å².